The van der Waals surface area contributed by atoms with Gasteiger partial charge in [-0.25, -0.2) is 0 Å². The maximum absolute atomic E-state index is 12.1. The predicted molar refractivity (Wildman–Crippen MR) is 74.0 cm³/mol. The summed E-state index contributed by atoms with van der Waals surface area (Å²) < 4.78 is 0. The van der Waals surface area contributed by atoms with E-state index in [1.54, 1.807) is 0 Å². The molecular formula is C15H21NO3. The van der Waals surface area contributed by atoms with Gasteiger partial charge in [0.1, 0.15) is 0 Å². The summed E-state index contributed by atoms with van der Waals surface area (Å²) >= 11 is 0. The number of benzene rings is 1. The Kier molecular flexibility index (Phi) is 5.55. The van der Waals surface area contributed by atoms with Crippen LogP contribution < -0.4 is 5.32 Å². The molecule has 104 valence electrons. The second-order valence-corrected chi connectivity index (χ2v) is 5.20. The number of amides is 1. The first-order valence-electron chi connectivity index (χ1n) is 6.46. The third-order valence-corrected chi connectivity index (χ3v) is 2.86. The van der Waals surface area contributed by atoms with Crippen molar-refractivity contribution in [2.75, 3.05) is 6.54 Å². The zero-order valence-corrected chi connectivity index (χ0v) is 11.6. The average Bonchev–Trinajstić information content (AvgIpc) is 2.34. The zero-order chi connectivity index (χ0) is 14.4. The number of carbonyl (C=O) groups is 2. The van der Waals surface area contributed by atoms with Crippen LogP contribution in [0.1, 0.15) is 37.3 Å². The Morgan fingerprint density at radius 3 is 2.26 bits per heavy atom. The highest BCUT2D eigenvalue weighted by Crippen LogP contribution is 2.20. The molecule has 0 saturated carbocycles. The lowest BCUT2D eigenvalue weighted by atomic mass is 9.94. The Hall–Kier alpha value is -1.84. The molecule has 0 heterocycles. The molecule has 0 aliphatic rings. The normalized spacial score (nSPS) is 12.2. The summed E-state index contributed by atoms with van der Waals surface area (Å²) in [6.45, 7) is 6.51. The molecule has 2 N–H and O–H groups in total. The van der Waals surface area contributed by atoms with Gasteiger partial charge in [-0.05, 0) is 18.4 Å². The van der Waals surface area contributed by atoms with Crippen LogP contribution in [0.2, 0.25) is 0 Å². The lowest BCUT2D eigenvalue weighted by Gasteiger charge is -2.16. The van der Waals surface area contributed by atoms with E-state index in [4.69, 9.17) is 5.11 Å². The van der Waals surface area contributed by atoms with Gasteiger partial charge in [0, 0.05) is 6.54 Å². The van der Waals surface area contributed by atoms with E-state index in [1.807, 2.05) is 45.0 Å². The third kappa shape index (κ3) is 5.12. The van der Waals surface area contributed by atoms with Crippen molar-refractivity contribution in [2.45, 2.75) is 33.1 Å². The molecule has 0 aromatic heterocycles. The third-order valence-electron chi connectivity index (χ3n) is 2.86. The SMILES string of the molecule is Cc1ccc(C(CC(=O)O)C(=O)NCC(C)C)cc1. The van der Waals surface area contributed by atoms with Gasteiger partial charge in [0.2, 0.25) is 5.91 Å². The van der Waals surface area contributed by atoms with E-state index in [0.29, 0.717) is 12.5 Å². The van der Waals surface area contributed by atoms with Crippen LogP contribution in [0, 0.1) is 12.8 Å². The molecule has 1 aromatic rings. The summed E-state index contributed by atoms with van der Waals surface area (Å²) in [7, 11) is 0. The number of rotatable bonds is 6. The van der Waals surface area contributed by atoms with Crippen molar-refractivity contribution in [1.29, 1.82) is 0 Å². The van der Waals surface area contributed by atoms with Crippen molar-refractivity contribution in [2.24, 2.45) is 5.92 Å². The van der Waals surface area contributed by atoms with Crippen LogP contribution in [-0.2, 0) is 9.59 Å². The molecule has 0 bridgehead atoms. The Bertz CT molecular complexity index is 437. The molecule has 0 saturated heterocycles. The second kappa shape index (κ2) is 6.92. The van der Waals surface area contributed by atoms with Crippen molar-refractivity contribution in [3.8, 4) is 0 Å². The van der Waals surface area contributed by atoms with Gasteiger partial charge in [-0.1, -0.05) is 43.7 Å². The standard InChI is InChI=1S/C15H21NO3/c1-10(2)9-16-15(19)13(8-14(17)18)12-6-4-11(3)5-7-12/h4-7,10,13H,8-9H2,1-3H3,(H,16,19)(H,17,18). The maximum atomic E-state index is 12.1. The Morgan fingerprint density at radius 2 is 1.79 bits per heavy atom. The van der Waals surface area contributed by atoms with Gasteiger partial charge in [-0.3, -0.25) is 9.59 Å². The number of carboxylic acid groups (broad SMARTS) is 1. The molecule has 1 amide bonds. The minimum atomic E-state index is -0.967. The van der Waals surface area contributed by atoms with Crippen LogP contribution >= 0.6 is 0 Å². The fraction of sp³-hybridized carbons (Fsp3) is 0.467. The largest absolute Gasteiger partial charge is 0.481 e. The Labute approximate surface area is 113 Å². The van der Waals surface area contributed by atoms with Gasteiger partial charge in [-0.2, -0.15) is 0 Å². The molecule has 1 aromatic carbocycles. The lowest BCUT2D eigenvalue weighted by Crippen LogP contribution is -2.33. The van der Waals surface area contributed by atoms with Gasteiger partial charge in [-0.15, -0.1) is 0 Å². The highest BCUT2D eigenvalue weighted by Gasteiger charge is 2.23. The highest BCUT2D eigenvalue weighted by molar-refractivity contribution is 5.87. The number of nitrogens with one attached hydrogen (secondary N) is 1. The fourth-order valence-electron chi connectivity index (χ4n) is 1.76. The van der Waals surface area contributed by atoms with Crippen molar-refractivity contribution < 1.29 is 14.7 Å². The Balaban J connectivity index is 2.84. The van der Waals surface area contributed by atoms with Crippen molar-refractivity contribution in [1.82, 2.24) is 5.32 Å². The molecule has 0 aliphatic carbocycles. The van der Waals surface area contributed by atoms with Gasteiger partial charge in [0.05, 0.1) is 12.3 Å². The summed E-state index contributed by atoms with van der Waals surface area (Å²) in [5.74, 6) is -1.48. The van der Waals surface area contributed by atoms with Crippen molar-refractivity contribution in [3.63, 3.8) is 0 Å². The molecule has 0 fully saturated rings. The molecule has 0 spiro atoms. The summed E-state index contributed by atoms with van der Waals surface area (Å²) in [4.78, 5) is 23.0. The summed E-state index contributed by atoms with van der Waals surface area (Å²) in [6.07, 6.45) is -0.188. The van der Waals surface area contributed by atoms with Crippen LogP contribution in [-0.4, -0.2) is 23.5 Å². The van der Waals surface area contributed by atoms with E-state index in [2.05, 4.69) is 5.32 Å². The number of aryl methyl sites for hydroxylation is 1. The smallest absolute Gasteiger partial charge is 0.304 e. The first-order chi connectivity index (χ1) is 8.90. The maximum Gasteiger partial charge on any atom is 0.304 e. The number of carboxylic acids is 1. The number of aliphatic carboxylic acids is 1. The van der Waals surface area contributed by atoms with Crippen LogP contribution in [0.25, 0.3) is 0 Å². The molecule has 19 heavy (non-hydrogen) atoms. The first kappa shape index (κ1) is 15.2. The average molecular weight is 263 g/mol. The second-order valence-electron chi connectivity index (χ2n) is 5.20. The van der Waals surface area contributed by atoms with Crippen LogP contribution in [0.4, 0.5) is 0 Å². The monoisotopic (exact) mass is 263 g/mol. The summed E-state index contributed by atoms with van der Waals surface area (Å²) in [6, 6.07) is 7.41. The topological polar surface area (TPSA) is 66.4 Å². The molecular weight excluding hydrogens is 242 g/mol. The molecule has 1 unspecified atom stereocenters. The highest BCUT2D eigenvalue weighted by atomic mass is 16.4. The van der Waals surface area contributed by atoms with E-state index in [-0.39, 0.29) is 12.3 Å². The quantitative estimate of drug-likeness (QED) is 0.827. The Morgan fingerprint density at radius 1 is 1.21 bits per heavy atom. The van der Waals surface area contributed by atoms with Crippen LogP contribution in [0.5, 0.6) is 0 Å². The van der Waals surface area contributed by atoms with Gasteiger partial charge < -0.3 is 10.4 Å². The molecule has 0 aliphatic heterocycles. The minimum Gasteiger partial charge on any atom is -0.481 e. The predicted octanol–water partition coefficient (Wildman–Crippen LogP) is 2.33. The number of hydrogen-bond acceptors (Lipinski definition) is 2. The van der Waals surface area contributed by atoms with Crippen molar-refractivity contribution in [3.05, 3.63) is 35.4 Å². The molecule has 1 atom stereocenters. The lowest BCUT2D eigenvalue weighted by molar-refractivity contribution is -0.139. The van der Waals surface area contributed by atoms with E-state index < -0.39 is 11.9 Å². The fourth-order valence-corrected chi connectivity index (χ4v) is 1.76. The van der Waals surface area contributed by atoms with E-state index >= 15 is 0 Å². The summed E-state index contributed by atoms with van der Waals surface area (Å²) in [5, 5.41) is 11.7. The van der Waals surface area contributed by atoms with Gasteiger partial charge in [0.25, 0.3) is 0 Å². The molecule has 1 rings (SSSR count). The van der Waals surface area contributed by atoms with E-state index in [9.17, 15) is 9.59 Å². The van der Waals surface area contributed by atoms with Crippen LogP contribution in [0.3, 0.4) is 0 Å². The molecule has 4 heteroatoms. The zero-order valence-electron chi connectivity index (χ0n) is 11.6. The molecule has 4 nitrogen and oxygen atoms in total. The van der Waals surface area contributed by atoms with E-state index in [1.165, 1.54) is 0 Å². The summed E-state index contributed by atoms with van der Waals surface area (Å²) in [5.41, 5.74) is 1.83. The first-order valence-corrected chi connectivity index (χ1v) is 6.46. The molecule has 0 radical (unpaired) electrons. The van der Waals surface area contributed by atoms with E-state index in [0.717, 1.165) is 11.1 Å². The minimum absolute atomic E-state index is 0.188. The van der Waals surface area contributed by atoms with Crippen LogP contribution in [0.15, 0.2) is 24.3 Å². The van der Waals surface area contributed by atoms with Gasteiger partial charge >= 0.3 is 5.97 Å². The van der Waals surface area contributed by atoms with Crippen molar-refractivity contribution >= 4 is 11.9 Å². The number of hydrogen-bond donors (Lipinski definition) is 2. The number of carbonyl (C=O) groups excluding carboxylic acids is 1. The van der Waals surface area contributed by atoms with Gasteiger partial charge in [0.15, 0.2) is 0 Å².